The molecule has 2 heterocycles. The summed E-state index contributed by atoms with van der Waals surface area (Å²) in [6.07, 6.45) is 7.64. The summed E-state index contributed by atoms with van der Waals surface area (Å²) >= 11 is 0. The van der Waals surface area contributed by atoms with Crippen LogP contribution in [0, 0.1) is 11.6 Å². The third-order valence-corrected chi connectivity index (χ3v) is 6.24. The van der Waals surface area contributed by atoms with Gasteiger partial charge in [-0.1, -0.05) is 24.3 Å². The molecule has 2 amide bonds. The van der Waals surface area contributed by atoms with Crippen molar-refractivity contribution in [3.8, 4) is 0 Å². The number of anilines is 3. The summed E-state index contributed by atoms with van der Waals surface area (Å²) in [6.45, 7) is 1.53. The molecule has 3 aromatic carbocycles. The third kappa shape index (κ3) is 7.30. The number of nitrogens with one attached hydrogen (secondary N) is 3. The molecule has 43 heavy (non-hydrogen) atoms. The Morgan fingerprint density at radius 1 is 0.953 bits per heavy atom. The lowest BCUT2D eigenvalue weighted by Gasteiger charge is -2.08. The van der Waals surface area contributed by atoms with Crippen molar-refractivity contribution in [1.29, 1.82) is 0 Å². The van der Waals surface area contributed by atoms with Gasteiger partial charge in [0.15, 0.2) is 11.6 Å². The predicted octanol–water partition coefficient (Wildman–Crippen LogP) is 4.66. The van der Waals surface area contributed by atoms with E-state index in [4.69, 9.17) is 0 Å². The van der Waals surface area contributed by atoms with Crippen LogP contribution in [0.3, 0.4) is 0 Å². The first kappa shape index (κ1) is 28.7. The Morgan fingerprint density at radius 3 is 2.51 bits per heavy atom. The van der Waals surface area contributed by atoms with Crippen molar-refractivity contribution >= 4 is 46.1 Å². The largest absolute Gasteiger partial charge is 0.348 e. The standard InChI is InChI=1S/C31H25F2N7O3/c1-19(41)37-23-6-8-24(9-7-23)38-31-36-15-22-13-20(5-11-28(22)39-31)3-2-12-35-29(42)25-16-34-18-40(30(25)43)17-21-4-10-26(32)27(33)14-21/h2-11,13-16,18H,12,17H2,1H3,(H,35,42)(H,37,41)(H,36,38,39)/b3-2+. The molecule has 0 aliphatic rings. The summed E-state index contributed by atoms with van der Waals surface area (Å²) in [5.74, 6) is -2.35. The molecule has 0 radical (unpaired) electrons. The lowest BCUT2D eigenvalue weighted by molar-refractivity contribution is -0.114. The van der Waals surface area contributed by atoms with Crippen LogP contribution in [0.4, 0.5) is 26.1 Å². The number of hydrogen-bond donors (Lipinski definition) is 3. The van der Waals surface area contributed by atoms with E-state index in [1.165, 1.54) is 19.3 Å². The number of aromatic nitrogens is 4. The van der Waals surface area contributed by atoms with Gasteiger partial charge in [0.2, 0.25) is 11.9 Å². The van der Waals surface area contributed by atoms with Gasteiger partial charge in [-0.15, -0.1) is 0 Å². The van der Waals surface area contributed by atoms with Crippen LogP contribution in [0.15, 0.2) is 90.3 Å². The van der Waals surface area contributed by atoms with E-state index in [-0.39, 0.29) is 24.6 Å². The van der Waals surface area contributed by atoms with Gasteiger partial charge >= 0.3 is 0 Å². The monoisotopic (exact) mass is 581 g/mol. The highest BCUT2D eigenvalue weighted by atomic mass is 19.2. The molecule has 12 heteroatoms. The number of carbonyl (C=O) groups is 2. The van der Waals surface area contributed by atoms with Crippen molar-refractivity contribution in [2.24, 2.45) is 0 Å². The van der Waals surface area contributed by atoms with Crippen molar-refractivity contribution in [2.75, 3.05) is 17.2 Å². The van der Waals surface area contributed by atoms with Crippen LogP contribution in [-0.4, -0.2) is 37.9 Å². The van der Waals surface area contributed by atoms with Gasteiger partial charge < -0.3 is 16.0 Å². The lowest BCUT2D eigenvalue weighted by atomic mass is 10.1. The van der Waals surface area contributed by atoms with Crippen LogP contribution in [0.25, 0.3) is 17.0 Å². The Kier molecular flexibility index (Phi) is 8.56. The zero-order chi connectivity index (χ0) is 30.3. The SMILES string of the molecule is CC(=O)Nc1ccc(Nc2ncc3cc(/C=C/CNC(=O)c4cncn(Cc5ccc(F)c(F)c5)c4=O)ccc3n2)cc1. The Hall–Kier alpha value is -5.78. The maximum atomic E-state index is 13.5. The van der Waals surface area contributed by atoms with Gasteiger partial charge in [-0.2, -0.15) is 0 Å². The van der Waals surface area contributed by atoms with Gasteiger partial charge in [-0.05, 0) is 59.7 Å². The molecular formula is C31H25F2N7O3. The van der Waals surface area contributed by atoms with Gasteiger partial charge in [0.25, 0.3) is 11.5 Å². The van der Waals surface area contributed by atoms with E-state index in [1.54, 1.807) is 24.4 Å². The average Bonchev–Trinajstić information content (AvgIpc) is 2.99. The minimum Gasteiger partial charge on any atom is -0.348 e. The highest BCUT2D eigenvalue weighted by Crippen LogP contribution is 2.20. The summed E-state index contributed by atoms with van der Waals surface area (Å²) in [4.78, 5) is 49.4. The summed E-state index contributed by atoms with van der Waals surface area (Å²) < 4.78 is 27.9. The summed E-state index contributed by atoms with van der Waals surface area (Å²) in [5, 5.41) is 9.32. The van der Waals surface area contributed by atoms with Gasteiger partial charge in [0.1, 0.15) is 5.56 Å². The maximum Gasteiger partial charge on any atom is 0.266 e. The van der Waals surface area contributed by atoms with E-state index in [9.17, 15) is 23.2 Å². The molecule has 10 nitrogen and oxygen atoms in total. The van der Waals surface area contributed by atoms with E-state index in [2.05, 4.69) is 30.9 Å². The fraction of sp³-hybridized carbons (Fsp3) is 0.0968. The topological polar surface area (TPSA) is 131 Å². The molecule has 0 saturated heterocycles. The number of fused-ring (bicyclic) bond motifs is 1. The van der Waals surface area contributed by atoms with Crippen LogP contribution in [0.5, 0.6) is 0 Å². The molecular weight excluding hydrogens is 556 g/mol. The van der Waals surface area contributed by atoms with Crippen LogP contribution in [0.2, 0.25) is 0 Å². The van der Waals surface area contributed by atoms with E-state index >= 15 is 0 Å². The smallest absolute Gasteiger partial charge is 0.266 e. The predicted molar refractivity (Wildman–Crippen MR) is 159 cm³/mol. The molecule has 0 saturated carbocycles. The van der Waals surface area contributed by atoms with Crippen molar-refractivity contribution in [1.82, 2.24) is 24.8 Å². The molecule has 5 rings (SSSR count). The molecule has 0 unspecified atom stereocenters. The number of amides is 2. The molecule has 0 aliphatic heterocycles. The molecule has 0 fully saturated rings. The molecule has 0 aliphatic carbocycles. The molecule has 3 N–H and O–H groups in total. The number of rotatable bonds is 9. The highest BCUT2D eigenvalue weighted by molar-refractivity contribution is 5.93. The zero-order valence-corrected chi connectivity index (χ0v) is 22.8. The van der Waals surface area contributed by atoms with Gasteiger partial charge in [0.05, 0.1) is 18.4 Å². The summed E-state index contributed by atoms with van der Waals surface area (Å²) in [5.41, 5.74) is 2.62. The minimum absolute atomic E-state index is 0.0691. The molecule has 0 bridgehead atoms. The molecule has 216 valence electrons. The van der Waals surface area contributed by atoms with Gasteiger partial charge in [-0.25, -0.2) is 23.7 Å². The fourth-order valence-electron chi connectivity index (χ4n) is 4.18. The Balaban J connectivity index is 1.18. The normalized spacial score (nSPS) is 11.0. The first-order valence-electron chi connectivity index (χ1n) is 13.1. The number of hydrogen-bond acceptors (Lipinski definition) is 7. The van der Waals surface area contributed by atoms with Crippen molar-refractivity contribution in [2.45, 2.75) is 13.5 Å². The second-order valence-electron chi connectivity index (χ2n) is 9.50. The lowest BCUT2D eigenvalue weighted by Crippen LogP contribution is -2.33. The molecule has 5 aromatic rings. The highest BCUT2D eigenvalue weighted by Gasteiger charge is 2.13. The first-order chi connectivity index (χ1) is 20.7. The van der Waals surface area contributed by atoms with Crippen LogP contribution in [-0.2, 0) is 11.3 Å². The first-order valence-corrected chi connectivity index (χ1v) is 13.1. The van der Waals surface area contributed by atoms with Crippen molar-refractivity contribution < 1.29 is 18.4 Å². The van der Waals surface area contributed by atoms with E-state index in [0.717, 1.165) is 45.1 Å². The second-order valence-corrected chi connectivity index (χ2v) is 9.50. The molecule has 0 spiro atoms. The molecule has 0 atom stereocenters. The van der Waals surface area contributed by atoms with E-state index < -0.39 is 23.1 Å². The molecule has 2 aromatic heterocycles. The second kappa shape index (κ2) is 12.8. The number of carbonyl (C=O) groups excluding carboxylic acids is 2. The van der Waals surface area contributed by atoms with E-state index in [1.807, 2.05) is 36.4 Å². The summed E-state index contributed by atoms with van der Waals surface area (Å²) in [6, 6.07) is 16.1. The van der Waals surface area contributed by atoms with E-state index in [0.29, 0.717) is 17.2 Å². The average molecular weight is 582 g/mol. The minimum atomic E-state index is -1.02. The quantitative estimate of drug-likeness (QED) is 0.231. The number of halogens is 2. The van der Waals surface area contributed by atoms with Gasteiger partial charge in [0, 0.05) is 42.6 Å². The number of nitrogens with zero attached hydrogens (tertiary/aromatic N) is 4. The van der Waals surface area contributed by atoms with Crippen molar-refractivity contribution in [3.05, 3.63) is 124 Å². The maximum absolute atomic E-state index is 13.5. The zero-order valence-electron chi connectivity index (χ0n) is 22.8. The van der Waals surface area contributed by atoms with Crippen LogP contribution >= 0.6 is 0 Å². The van der Waals surface area contributed by atoms with Crippen LogP contribution < -0.4 is 21.5 Å². The van der Waals surface area contributed by atoms with Crippen molar-refractivity contribution in [3.63, 3.8) is 0 Å². The summed E-state index contributed by atoms with van der Waals surface area (Å²) in [7, 11) is 0. The Morgan fingerprint density at radius 2 is 1.74 bits per heavy atom. The third-order valence-electron chi connectivity index (χ3n) is 6.24. The Labute approximate surface area is 244 Å². The Bertz CT molecular complexity index is 1910. The van der Waals surface area contributed by atoms with Crippen LogP contribution in [0.1, 0.15) is 28.4 Å². The fourth-order valence-corrected chi connectivity index (χ4v) is 4.18. The van der Waals surface area contributed by atoms with Gasteiger partial charge in [-0.3, -0.25) is 19.0 Å². The number of benzene rings is 3.